The van der Waals surface area contributed by atoms with E-state index in [-0.39, 0.29) is 18.5 Å². The van der Waals surface area contributed by atoms with E-state index in [9.17, 15) is 13.6 Å². The van der Waals surface area contributed by atoms with E-state index in [1.54, 1.807) is 18.2 Å². The van der Waals surface area contributed by atoms with Gasteiger partial charge >= 0.3 is 7.12 Å². The van der Waals surface area contributed by atoms with Crippen molar-refractivity contribution >= 4 is 18.5 Å². The van der Waals surface area contributed by atoms with Crippen molar-refractivity contribution in [3.8, 4) is 5.75 Å². The van der Waals surface area contributed by atoms with Gasteiger partial charge in [0.15, 0.2) is 0 Å². The van der Waals surface area contributed by atoms with E-state index in [0.29, 0.717) is 11.2 Å². The summed E-state index contributed by atoms with van der Waals surface area (Å²) in [5.74, 6) is -2.97. The molecule has 2 saturated heterocycles. The summed E-state index contributed by atoms with van der Waals surface area (Å²) < 4.78 is 44.2. The molecule has 142 valence electrons. The van der Waals surface area contributed by atoms with Crippen LogP contribution in [0.5, 0.6) is 5.75 Å². The molecule has 0 unspecified atom stereocenters. The third-order valence-corrected chi connectivity index (χ3v) is 5.44. The van der Waals surface area contributed by atoms with Crippen molar-refractivity contribution < 1.29 is 27.6 Å². The molecule has 1 aromatic carbocycles. The molecule has 0 aliphatic carbocycles. The molecule has 2 aliphatic rings. The van der Waals surface area contributed by atoms with Crippen molar-refractivity contribution in [3.05, 3.63) is 23.8 Å². The number of amides is 1. The van der Waals surface area contributed by atoms with Gasteiger partial charge in [-0.15, -0.1) is 0 Å². The molecule has 2 heterocycles. The largest absolute Gasteiger partial charge is 0.496 e. The lowest BCUT2D eigenvalue weighted by Crippen LogP contribution is -2.41. The maximum absolute atomic E-state index is 13.4. The summed E-state index contributed by atoms with van der Waals surface area (Å²) in [6.45, 7) is 7.29. The zero-order valence-corrected chi connectivity index (χ0v) is 15.8. The minimum atomic E-state index is -2.83. The zero-order chi connectivity index (χ0) is 19.3. The van der Waals surface area contributed by atoms with Crippen LogP contribution in [0.25, 0.3) is 0 Å². The van der Waals surface area contributed by atoms with Crippen molar-refractivity contribution in [1.29, 1.82) is 0 Å². The molecule has 0 bridgehead atoms. The molecule has 2 aliphatic heterocycles. The maximum Gasteiger partial charge on any atom is 0.494 e. The van der Waals surface area contributed by atoms with E-state index < -0.39 is 36.7 Å². The molecular weight excluding hydrogens is 343 g/mol. The highest BCUT2D eigenvalue weighted by Crippen LogP contribution is 2.37. The molecule has 2 fully saturated rings. The van der Waals surface area contributed by atoms with Crippen LogP contribution in [0.1, 0.15) is 44.5 Å². The third kappa shape index (κ3) is 3.32. The van der Waals surface area contributed by atoms with Gasteiger partial charge in [0.1, 0.15) is 5.75 Å². The number of alkyl halides is 2. The second-order valence-corrected chi connectivity index (χ2v) is 7.88. The number of carbonyl (C=O) groups is 1. The second kappa shape index (κ2) is 6.20. The fraction of sp³-hybridized carbons (Fsp3) is 0.611. The SMILES string of the molecule is COc1cc(B2OC(C)(C)C(C)(C)O2)ccc1C(=O)N1CCC(F)(F)C1. The van der Waals surface area contributed by atoms with Crippen molar-refractivity contribution in [2.24, 2.45) is 0 Å². The molecule has 0 atom stereocenters. The zero-order valence-electron chi connectivity index (χ0n) is 15.8. The average Bonchev–Trinajstić information content (AvgIpc) is 3.02. The lowest BCUT2D eigenvalue weighted by molar-refractivity contribution is 0.00578. The van der Waals surface area contributed by atoms with Crippen LogP contribution in [-0.2, 0) is 9.31 Å². The van der Waals surface area contributed by atoms with E-state index in [1.807, 2.05) is 27.7 Å². The molecular formula is C18H24BF2NO4. The molecule has 8 heteroatoms. The molecule has 0 spiro atoms. The van der Waals surface area contributed by atoms with Gasteiger partial charge in [0.2, 0.25) is 0 Å². The molecule has 26 heavy (non-hydrogen) atoms. The first-order valence-corrected chi connectivity index (χ1v) is 8.66. The first kappa shape index (κ1) is 19.1. The van der Waals surface area contributed by atoms with Crippen LogP contribution in [0.3, 0.4) is 0 Å². The van der Waals surface area contributed by atoms with Crippen molar-refractivity contribution in [1.82, 2.24) is 4.90 Å². The van der Waals surface area contributed by atoms with Crippen molar-refractivity contribution in [3.63, 3.8) is 0 Å². The number of methoxy groups -OCH3 is 1. The first-order valence-electron chi connectivity index (χ1n) is 8.66. The summed E-state index contributed by atoms with van der Waals surface area (Å²) in [5, 5.41) is 0. The quantitative estimate of drug-likeness (QED) is 0.771. The van der Waals surface area contributed by atoms with Crippen LogP contribution in [-0.4, -0.2) is 55.2 Å². The molecule has 1 aromatic rings. The molecule has 0 radical (unpaired) electrons. The molecule has 1 amide bonds. The van der Waals surface area contributed by atoms with Gasteiger partial charge in [-0.25, -0.2) is 8.78 Å². The third-order valence-electron chi connectivity index (χ3n) is 5.44. The lowest BCUT2D eigenvalue weighted by Gasteiger charge is -2.32. The Balaban J connectivity index is 1.84. The van der Waals surface area contributed by atoms with Gasteiger partial charge in [0.25, 0.3) is 11.8 Å². The summed E-state index contributed by atoms with van der Waals surface area (Å²) in [5.41, 5.74) is -0.00426. The minimum Gasteiger partial charge on any atom is -0.496 e. The van der Waals surface area contributed by atoms with Crippen LogP contribution in [0.2, 0.25) is 0 Å². The molecule has 0 saturated carbocycles. The van der Waals surface area contributed by atoms with Crippen LogP contribution in [0, 0.1) is 0 Å². The normalized spacial score (nSPS) is 23.3. The fourth-order valence-corrected chi connectivity index (χ4v) is 3.09. The number of rotatable bonds is 3. The molecule has 0 N–H and O–H groups in total. The second-order valence-electron chi connectivity index (χ2n) is 7.88. The Morgan fingerprint density at radius 2 is 1.81 bits per heavy atom. The Morgan fingerprint density at radius 3 is 2.31 bits per heavy atom. The summed E-state index contributed by atoms with van der Waals surface area (Å²) in [6.07, 6.45) is -0.312. The smallest absolute Gasteiger partial charge is 0.494 e. The van der Waals surface area contributed by atoms with Crippen LogP contribution in [0.4, 0.5) is 8.78 Å². The molecule has 0 aromatic heterocycles. The standard InChI is InChI=1S/C18H24BF2NO4/c1-16(2)17(3,4)26-19(25-16)12-6-7-13(14(10-12)24-5)15(23)22-9-8-18(20,21)11-22/h6-7,10H,8-9,11H2,1-5H3. The molecule has 5 nitrogen and oxygen atoms in total. The van der Waals surface area contributed by atoms with Gasteiger partial charge < -0.3 is 18.9 Å². The van der Waals surface area contributed by atoms with E-state index in [1.165, 1.54) is 7.11 Å². The Morgan fingerprint density at radius 1 is 1.19 bits per heavy atom. The average molecular weight is 367 g/mol. The van der Waals surface area contributed by atoms with Gasteiger partial charge in [0, 0.05) is 13.0 Å². The monoisotopic (exact) mass is 367 g/mol. The number of hydrogen-bond acceptors (Lipinski definition) is 4. The van der Waals surface area contributed by atoms with Gasteiger partial charge in [-0.05, 0) is 45.3 Å². The Labute approximate surface area is 152 Å². The lowest BCUT2D eigenvalue weighted by atomic mass is 9.78. The van der Waals surface area contributed by atoms with Gasteiger partial charge in [-0.1, -0.05) is 6.07 Å². The van der Waals surface area contributed by atoms with Gasteiger partial charge in [-0.3, -0.25) is 4.79 Å². The minimum absolute atomic E-state index is 0.0357. The van der Waals surface area contributed by atoms with E-state index in [4.69, 9.17) is 14.0 Å². The molecule has 3 rings (SSSR count). The Hall–Kier alpha value is -1.67. The summed E-state index contributed by atoms with van der Waals surface area (Å²) in [4.78, 5) is 13.8. The van der Waals surface area contributed by atoms with Crippen LogP contribution >= 0.6 is 0 Å². The Kier molecular flexibility index (Phi) is 4.56. The summed E-state index contributed by atoms with van der Waals surface area (Å²) in [7, 11) is 0.854. The number of benzene rings is 1. The number of likely N-dealkylation sites (tertiary alicyclic amines) is 1. The highest BCUT2D eigenvalue weighted by molar-refractivity contribution is 6.62. The van der Waals surface area contributed by atoms with Gasteiger partial charge in [-0.2, -0.15) is 0 Å². The van der Waals surface area contributed by atoms with Gasteiger partial charge in [0.05, 0.1) is 30.4 Å². The summed E-state index contributed by atoms with van der Waals surface area (Å²) >= 11 is 0. The summed E-state index contributed by atoms with van der Waals surface area (Å²) in [6, 6.07) is 4.97. The number of nitrogens with zero attached hydrogens (tertiary/aromatic N) is 1. The van der Waals surface area contributed by atoms with Crippen molar-refractivity contribution in [2.75, 3.05) is 20.2 Å². The Bertz CT molecular complexity index is 707. The fourth-order valence-electron chi connectivity index (χ4n) is 3.09. The number of halogens is 2. The number of carbonyl (C=O) groups excluding carboxylic acids is 1. The predicted octanol–water partition coefficient (Wildman–Crippen LogP) is 2.48. The topological polar surface area (TPSA) is 48.0 Å². The maximum atomic E-state index is 13.4. The van der Waals surface area contributed by atoms with Crippen molar-refractivity contribution in [2.45, 2.75) is 51.2 Å². The predicted molar refractivity (Wildman–Crippen MR) is 94.2 cm³/mol. The van der Waals surface area contributed by atoms with Crippen LogP contribution < -0.4 is 10.2 Å². The highest BCUT2D eigenvalue weighted by Gasteiger charge is 2.52. The van der Waals surface area contributed by atoms with Crippen LogP contribution in [0.15, 0.2) is 18.2 Å². The van der Waals surface area contributed by atoms with E-state index in [0.717, 1.165) is 4.90 Å². The number of hydrogen-bond donors (Lipinski definition) is 0. The van der Waals surface area contributed by atoms with E-state index in [2.05, 4.69) is 0 Å². The van der Waals surface area contributed by atoms with E-state index >= 15 is 0 Å². The highest BCUT2D eigenvalue weighted by atomic mass is 19.3. The number of ether oxygens (including phenoxy) is 1. The first-order chi connectivity index (χ1) is 12.0.